The number of carbonyl (C=O) groups is 2. The first kappa shape index (κ1) is 21.1. The summed E-state index contributed by atoms with van der Waals surface area (Å²) in [6.07, 6.45) is 1.15. The number of amides is 2. The number of aromatic hydroxyl groups is 1. The van der Waals surface area contributed by atoms with Crippen LogP contribution in [0.2, 0.25) is 0 Å². The molecule has 0 aliphatic carbocycles. The van der Waals surface area contributed by atoms with Gasteiger partial charge in [0.2, 0.25) is 11.3 Å². The number of piperazine rings is 1. The fourth-order valence-corrected chi connectivity index (χ4v) is 4.41. The Morgan fingerprint density at radius 2 is 2.09 bits per heavy atom. The predicted octanol–water partition coefficient (Wildman–Crippen LogP) is 0.973. The Labute approximate surface area is 187 Å². The predicted molar refractivity (Wildman–Crippen MR) is 115 cm³/mol. The Hall–Kier alpha value is -3.79. The average Bonchev–Trinajstić information content (AvgIpc) is 2.82. The number of hydrogen-bond donors (Lipinski definition) is 1. The molecule has 1 aromatic heterocycles. The minimum Gasteiger partial charge on any atom is -0.506 e. The number of para-hydroxylation sites is 1. The summed E-state index contributed by atoms with van der Waals surface area (Å²) in [5.74, 6) is -1.56. The fraction of sp³-hybridized carbons (Fsp3) is 0.304. The molecular formula is C23H21FN4O5. The van der Waals surface area contributed by atoms with Gasteiger partial charge in [-0.3, -0.25) is 19.1 Å². The molecule has 33 heavy (non-hydrogen) atoms. The van der Waals surface area contributed by atoms with Crippen molar-refractivity contribution in [1.29, 1.82) is 0 Å². The number of phenols is 1. The summed E-state index contributed by atoms with van der Waals surface area (Å²) < 4.78 is 21.5. The first-order chi connectivity index (χ1) is 15.9. The second-order valence-electron chi connectivity index (χ2n) is 8.16. The van der Waals surface area contributed by atoms with E-state index >= 15 is 0 Å². The molecule has 2 amide bonds. The molecule has 5 rings (SSSR count). The van der Waals surface area contributed by atoms with Gasteiger partial charge in [0, 0.05) is 13.1 Å². The highest BCUT2D eigenvalue weighted by Crippen LogP contribution is 2.23. The van der Waals surface area contributed by atoms with Crippen LogP contribution in [0.3, 0.4) is 0 Å². The highest BCUT2D eigenvalue weighted by atomic mass is 19.1. The molecule has 0 spiro atoms. The Bertz CT molecular complexity index is 1320. The standard InChI is InChI=1S/C23H21FN4O5/c24-18-5-4-14(10-28-22-16(20(30)9-25-28)2-1-3-19(22)29)8-17(18)23(32)26-11-15-13-33-7-6-27(15)21(31)12-26/h1-5,8-9,15,29H,6-7,10-13H2. The van der Waals surface area contributed by atoms with Crippen molar-refractivity contribution in [2.24, 2.45) is 0 Å². The number of hydrogen-bond acceptors (Lipinski definition) is 6. The highest BCUT2D eigenvalue weighted by molar-refractivity contribution is 5.97. The highest BCUT2D eigenvalue weighted by Gasteiger charge is 2.37. The van der Waals surface area contributed by atoms with Gasteiger partial charge < -0.3 is 19.6 Å². The fourth-order valence-electron chi connectivity index (χ4n) is 4.41. The normalized spacial score (nSPS) is 18.5. The van der Waals surface area contributed by atoms with Gasteiger partial charge >= 0.3 is 0 Å². The maximum absolute atomic E-state index is 14.6. The van der Waals surface area contributed by atoms with E-state index in [1.165, 1.54) is 33.8 Å². The summed E-state index contributed by atoms with van der Waals surface area (Å²) in [6, 6.07) is 8.47. The number of nitrogens with zero attached hydrogens (tertiary/aromatic N) is 4. The van der Waals surface area contributed by atoms with Crippen LogP contribution < -0.4 is 5.43 Å². The molecule has 1 unspecified atom stereocenters. The number of fused-ring (bicyclic) bond motifs is 2. The van der Waals surface area contributed by atoms with E-state index in [4.69, 9.17) is 4.74 Å². The molecule has 10 heteroatoms. The van der Waals surface area contributed by atoms with Gasteiger partial charge in [0.05, 0.1) is 42.9 Å². The summed E-state index contributed by atoms with van der Waals surface area (Å²) in [4.78, 5) is 40.8. The van der Waals surface area contributed by atoms with E-state index in [2.05, 4.69) is 5.10 Å². The van der Waals surface area contributed by atoms with Crippen molar-refractivity contribution in [2.45, 2.75) is 12.6 Å². The lowest BCUT2D eigenvalue weighted by Crippen LogP contribution is -2.61. The summed E-state index contributed by atoms with van der Waals surface area (Å²) in [5.41, 5.74) is 0.315. The molecule has 3 aromatic rings. The zero-order chi connectivity index (χ0) is 23.1. The molecule has 2 aliphatic rings. The quantitative estimate of drug-likeness (QED) is 0.635. The van der Waals surface area contributed by atoms with Crippen molar-refractivity contribution in [3.63, 3.8) is 0 Å². The summed E-state index contributed by atoms with van der Waals surface area (Å²) >= 11 is 0. The molecule has 2 fully saturated rings. The van der Waals surface area contributed by atoms with Crippen molar-refractivity contribution in [1.82, 2.24) is 19.6 Å². The Morgan fingerprint density at radius 3 is 2.94 bits per heavy atom. The SMILES string of the molecule is O=C(c1cc(Cn2ncc(=O)c3cccc(O)c32)ccc1F)N1CC(=O)N2CCOCC2C1. The van der Waals surface area contributed by atoms with Crippen molar-refractivity contribution in [2.75, 3.05) is 32.8 Å². The van der Waals surface area contributed by atoms with Gasteiger partial charge in [0.1, 0.15) is 23.6 Å². The van der Waals surface area contributed by atoms with Crippen molar-refractivity contribution < 1.29 is 23.8 Å². The number of rotatable bonds is 3. The summed E-state index contributed by atoms with van der Waals surface area (Å²) in [7, 11) is 0. The topological polar surface area (TPSA) is 105 Å². The second kappa shape index (κ2) is 8.28. The molecule has 1 N–H and O–H groups in total. The van der Waals surface area contributed by atoms with Crippen LogP contribution in [0.25, 0.3) is 10.9 Å². The molecule has 2 aromatic carbocycles. The zero-order valence-corrected chi connectivity index (χ0v) is 17.6. The molecule has 9 nitrogen and oxygen atoms in total. The maximum Gasteiger partial charge on any atom is 0.257 e. The number of ether oxygens (including phenoxy) is 1. The van der Waals surface area contributed by atoms with E-state index in [1.807, 2.05) is 0 Å². The van der Waals surface area contributed by atoms with Crippen LogP contribution >= 0.6 is 0 Å². The number of aromatic nitrogens is 2. The third-order valence-corrected chi connectivity index (χ3v) is 6.04. The van der Waals surface area contributed by atoms with Crippen LogP contribution in [0.15, 0.2) is 47.4 Å². The van der Waals surface area contributed by atoms with Crippen LogP contribution in [-0.2, 0) is 16.1 Å². The molecule has 170 valence electrons. The monoisotopic (exact) mass is 452 g/mol. The number of halogens is 1. The molecule has 2 aliphatic heterocycles. The Kier molecular flexibility index (Phi) is 5.29. The largest absolute Gasteiger partial charge is 0.506 e. The van der Waals surface area contributed by atoms with E-state index in [1.54, 1.807) is 17.0 Å². The summed E-state index contributed by atoms with van der Waals surface area (Å²) in [6.45, 7) is 1.55. The summed E-state index contributed by atoms with van der Waals surface area (Å²) in [5, 5.41) is 14.7. The minimum absolute atomic E-state index is 0.0953. The van der Waals surface area contributed by atoms with Crippen LogP contribution in [0, 0.1) is 5.82 Å². The van der Waals surface area contributed by atoms with E-state index in [0.29, 0.717) is 30.7 Å². The Balaban J connectivity index is 1.44. The van der Waals surface area contributed by atoms with Crippen molar-refractivity contribution >= 4 is 22.7 Å². The average molecular weight is 452 g/mol. The Morgan fingerprint density at radius 1 is 1.24 bits per heavy atom. The zero-order valence-electron chi connectivity index (χ0n) is 17.6. The lowest BCUT2D eigenvalue weighted by atomic mass is 10.1. The van der Waals surface area contributed by atoms with E-state index in [9.17, 15) is 23.9 Å². The van der Waals surface area contributed by atoms with Crippen LogP contribution in [0.4, 0.5) is 4.39 Å². The van der Waals surface area contributed by atoms with E-state index in [-0.39, 0.29) is 53.8 Å². The van der Waals surface area contributed by atoms with Gasteiger partial charge in [-0.1, -0.05) is 12.1 Å². The number of phenolic OH excluding ortho intramolecular Hbond substituents is 1. The molecular weight excluding hydrogens is 431 g/mol. The van der Waals surface area contributed by atoms with E-state index in [0.717, 1.165) is 6.20 Å². The van der Waals surface area contributed by atoms with Crippen LogP contribution in [0.1, 0.15) is 15.9 Å². The van der Waals surface area contributed by atoms with Gasteiger partial charge in [0.25, 0.3) is 5.91 Å². The molecule has 2 saturated heterocycles. The van der Waals surface area contributed by atoms with Gasteiger partial charge in [-0.25, -0.2) is 4.39 Å². The van der Waals surface area contributed by atoms with Crippen LogP contribution in [-0.4, -0.2) is 75.4 Å². The van der Waals surface area contributed by atoms with Crippen LogP contribution in [0.5, 0.6) is 5.75 Å². The number of benzene rings is 2. The van der Waals surface area contributed by atoms with Gasteiger partial charge in [-0.05, 0) is 29.8 Å². The third kappa shape index (κ3) is 3.82. The first-order valence-electron chi connectivity index (χ1n) is 10.5. The minimum atomic E-state index is -0.695. The van der Waals surface area contributed by atoms with Gasteiger partial charge in [0.15, 0.2) is 0 Å². The second-order valence-corrected chi connectivity index (χ2v) is 8.16. The molecule has 0 radical (unpaired) electrons. The molecule has 3 heterocycles. The number of carbonyl (C=O) groups excluding carboxylic acids is 2. The lowest BCUT2D eigenvalue weighted by Gasteiger charge is -2.43. The first-order valence-corrected chi connectivity index (χ1v) is 10.5. The smallest absolute Gasteiger partial charge is 0.257 e. The molecule has 0 saturated carbocycles. The number of morpholine rings is 1. The lowest BCUT2D eigenvalue weighted by molar-refractivity contribution is -0.146. The third-order valence-electron chi connectivity index (χ3n) is 6.04. The van der Waals surface area contributed by atoms with Gasteiger partial charge in [-0.2, -0.15) is 5.10 Å². The maximum atomic E-state index is 14.6. The van der Waals surface area contributed by atoms with Crippen molar-refractivity contribution in [3.8, 4) is 5.75 Å². The van der Waals surface area contributed by atoms with E-state index < -0.39 is 11.7 Å². The van der Waals surface area contributed by atoms with Crippen molar-refractivity contribution in [3.05, 3.63) is 69.8 Å². The molecule has 0 bridgehead atoms. The molecule has 1 atom stereocenters. The van der Waals surface area contributed by atoms with Gasteiger partial charge in [-0.15, -0.1) is 0 Å².